The van der Waals surface area contributed by atoms with Crippen molar-refractivity contribution in [1.82, 2.24) is 0 Å². The molecule has 0 aliphatic heterocycles. The molecule has 6 heteroatoms. The monoisotopic (exact) mass is 306 g/mol. The number of ether oxygens (including phenoxy) is 1. The summed E-state index contributed by atoms with van der Waals surface area (Å²) in [5.41, 5.74) is 1.99. The summed E-state index contributed by atoms with van der Waals surface area (Å²) in [5, 5.41) is 11.8. The molecule has 0 fully saturated rings. The van der Waals surface area contributed by atoms with Crippen molar-refractivity contribution in [3.63, 3.8) is 0 Å². The molecule has 0 atom stereocenters. The lowest BCUT2D eigenvalue weighted by Gasteiger charge is -2.07. The van der Waals surface area contributed by atoms with Crippen LogP contribution < -0.4 is 4.74 Å². The summed E-state index contributed by atoms with van der Waals surface area (Å²) in [6.45, 7) is 1.87. The number of carbonyl (C=O) groups is 1. The van der Waals surface area contributed by atoms with Crippen molar-refractivity contribution < 1.29 is 24.2 Å². The minimum absolute atomic E-state index is 0.107. The standard InChI is InChI=1S/C15H14O5S/c1-10-3-4-12(9-14(10)21-20-19-17)15(16)11-5-7-13(18-2)8-6-11/h3-9,17H,1-2H3. The van der Waals surface area contributed by atoms with Crippen LogP contribution in [0.15, 0.2) is 47.4 Å². The average molecular weight is 306 g/mol. The molecule has 0 aromatic heterocycles. The molecule has 2 aromatic carbocycles. The summed E-state index contributed by atoms with van der Waals surface area (Å²) in [4.78, 5) is 13.1. The van der Waals surface area contributed by atoms with E-state index in [1.165, 1.54) is 0 Å². The summed E-state index contributed by atoms with van der Waals surface area (Å²) in [6, 6.07) is 12.1. The molecule has 2 rings (SSSR count). The lowest BCUT2D eigenvalue weighted by Crippen LogP contribution is -2.02. The van der Waals surface area contributed by atoms with Crippen molar-refractivity contribution in [1.29, 1.82) is 0 Å². The van der Waals surface area contributed by atoms with Gasteiger partial charge in [-0.05, 0) is 42.8 Å². The highest BCUT2D eigenvalue weighted by molar-refractivity contribution is 7.94. The third kappa shape index (κ3) is 3.83. The fraction of sp³-hybridized carbons (Fsp3) is 0.133. The number of benzene rings is 2. The fourth-order valence-electron chi connectivity index (χ4n) is 1.79. The molecule has 0 amide bonds. The van der Waals surface area contributed by atoms with E-state index in [1.807, 2.05) is 6.92 Å². The van der Waals surface area contributed by atoms with Gasteiger partial charge in [-0.3, -0.25) is 4.79 Å². The van der Waals surface area contributed by atoms with E-state index >= 15 is 0 Å². The van der Waals surface area contributed by atoms with Crippen LogP contribution in [0.5, 0.6) is 5.75 Å². The molecule has 0 heterocycles. The van der Waals surface area contributed by atoms with E-state index in [1.54, 1.807) is 49.6 Å². The molecule has 0 unspecified atom stereocenters. The van der Waals surface area contributed by atoms with Gasteiger partial charge in [-0.15, -0.1) is 4.33 Å². The lowest BCUT2D eigenvalue weighted by atomic mass is 10.0. The maximum atomic E-state index is 12.4. The molecule has 1 N–H and O–H groups in total. The van der Waals surface area contributed by atoms with Gasteiger partial charge in [0.1, 0.15) is 5.75 Å². The second-order valence-corrected chi connectivity index (χ2v) is 5.01. The normalized spacial score (nSPS) is 10.4. The smallest absolute Gasteiger partial charge is 0.193 e. The molecule has 21 heavy (non-hydrogen) atoms. The molecule has 5 nitrogen and oxygen atoms in total. The van der Waals surface area contributed by atoms with Crippen LogP contribution in [-0.2, 0) is 9.37 Å². The molecular formula is C15H14O5S. The Bertz CT molecular complexity index is 624. The summed E-state index contributed by atoms with van der Waals surface area (Å²) >= 11 is 0.835. The van der Waals surface area contributed by atoms with Gasteiger partial charge in [0, 0.05) is 16.0 Å². The average Bonchev–Trinajstić information content (AvgIpc) is 2.53. The van der Waals surface area contributed by atoms with Gasteiger partial charge >= 0.3 is 0 Å². The molecule has 0 saturated carbocycles. The van der Waals surface area contributed by atoms with E-state index in [4.69, 9.17) is 9.99 Å². The number of hydrogen-bond donors (Lipinski definition) is 1. The molecule has 0 saturated heterocycles. The lowest BCUT2D eigenvalue weighted by molar-refractivity contribution is -0.432. The Morgan fingerprint density at radius 2 is 1.76 bits per heavy atom. The third-order valence-corrected chi connectivity index (χ3v) is 3.71. The van der Waals surface area contributed by atoms with E-state index in [9.17, 15) is 4.79 Å². The molecule has 0 spiro atoms. The first-order valence-corrected chi connectivity index (χ1v) is 6.84. The van der Waals surface area contributed by atoms with Gasteiger partial charge in [-0.1, -0.05) is 17.2 Å². The van der Waals surface area contributed by atoms with Crippen LogP contribution in [0.2, 0.25) is 0 Å². The zero-order chi connectivity index (χ0) is 15.2. The fourth-order valence-corrected chi connectivity index (χ4v) is 2.27. The van der Waals surface area contributed by atoms with Crippen LogP contribution in [0.25, 0.3) is 0 Å². The van der Waals surface area contributed by atoms with Gasteiger partial charge in [-0.2, -0.15) is 0 Å². The van der Waals surface area contributed by atoms with Crippen LogP contribution in [0, 0.1) is 6.92 Å². The van der Waals surface area contributed by atoms with Crippen LogP contribution in [-0.4, -0.2) is 18.2 Å². The van der Waals surface area contributed by atoms with Gasteiger partial charge in [0.25, 0.3) is 0 Å². The maximum Gasteiger partial charge on any atom is 0.193 e. The van der Waals surface area contributed by atoms with Crippen molar-refractivity contribution in [3.8, 4) is 5.75 Å². The minimum Gasteiger partial charge on any atom is -0.497 e. The highest BCUT2D eigenvalue weighted by Crippen LogP contribution is 2.26. The SMILES string of the molecule is COc1ccc(C(=O)c2ccc(C)c(SOOO)c2)cc1. The number of methoxy groups -OCH3 is 1. The van der Waals surface area contributed by atoms with Crippen LogP contribution in [0.1, 0.15) is 21.5 Å². The topological polar surface area (TPSA) is 65.0 Å². The van der Waals surface area contributed by atoms with Gasteiger partial charge in [-0.25, -0.2) is 5.26 Å². The third-order valence-electron chi connectivity index (χ3n) is 2.96. The molecule has 0 bridgehead atoms. The largest absolute Gasteiger partial charge is 0.497 e. The minimum atomic E-state index is -0.107. The first-order chi connectivity index (χ1) is 10.2. The Hall–Kier alpha value is -1.86. The second-order valence-electron chi connectivity index (χ2n) is 4.26. The summed E-state index contributed by atoms with van der Waals surface area (Å²) in [6.07, 6.45) is 0. The van der Waals surface area contributed by atoms with Crippen molar-refractivity contribution >= 4 is 17.8 Å². The Kier molecular flexibility index (Phi) is 5.35. The summed E-state index contributed by atoms with van der Waals surface area (Å²) < 4.78 is 9.48. The number of aryl methyl sites for hydroxylation is 1. The molecule has 2 aromatic rings. The van der Waals surface area contributed by atoms with Crippen molar-refractivity contribution in [2.75, 3.05) is 7.11 Å². The number of carbonyl (C=O) groups excluding carboxylic acids is 1. The van der Waals surface area contributed by atoms with E-state index in [0.29, 0.717) is 21.8 Å². The van der Waals surface area contributed by atoms with Crippen molar-refractivity contribution in [3.05, 3.63) is 59.2 Å². The second kappa shape index (κ2) is 7.24. The zero-order valence-electron chi connectivity index (χ0n) is 11.5. The Balaban J connectivity index is 2.25. The van der Waals surface area contributed by atoms with Crippen molar-refractivity contribution in [2.45, 2.75) is 11.8 Å². The first-order valence-electron chi connectivity index (χ1n) is 6.10. The van der Waals surface area contributed by atoms with Crippen LogP contribution >= 0.6 is 12.0 Å². The van der Waals surface area contributed by atoms with E-state index in [2.05, 4.69) is 9.37 Å². The van der Waals surface area contributed by atoms with Crippen LogP contribution in [0.4, 0.5) is 0 Å². The van der Waals surface area contributed by atoms with Gasteiger partial charge in [0.2, 0.25) is 0 Å². The molecule has 0 aliphatic rings. The Labute approximate surface area is 126 Å². The summed E-state index contributed by atoms with van der Waals surface area (Å²) in [7, 11) is 1.57. The highest BCUT2D eigenvalue weighted by atomic mass is 32.2. The molecule has 110 valence electrons. The van der Waals surface area contributed by atoms with E-state index in [0.717, 1.165) is 17.6 Å². The number of hydrogen-bond acceptors (Lipinski definition) is 6. The number of ketones is 1. The molecule has 0 radical (unpaired) electrons. The Morgan fingerprint density at radius 1 is 1.10 bits per heavy atom. The summed E-state index contributed by atoms with van der Waals surface area (Å²) in [5.74, 6) is 0.588. The maximum absolute atomic E-state index is 12.4. The van der Waals surface area contributed by atoms with Crippen LogP contribution in [0.3, 0.4) is 0 Å². The van der Waals surface area contributed by atoms with Crippen molar-refractivity contribution in [2.24, 2.45) is 0 Å². The van der Waals surface area contributed by atoms with Gasteiger partial charge < -0.3 is 4.74 Å². The van der Waals surface area contributed by atoms with Gasteiger partial charge in [0.15, 0.2) is 5.78 Å². The Morgan fingerprint density at radius 3 is 2.38 bits per heavy atom. The molecular weight excluding hydrogens is 292 g/mol. The molecule has 0 aliphatic carbocycles. The predicted molar refractivity (Wildman–Crippen MR) is 78.3 cm³/mol. The number of rotatable bonds is 6. The highest BCUT2D eigenvalue weighted by Gasteiger charge is 2.12. The first kappa shape index (κ1) is 15.5. The van der Waals surface area contributed by atoms with Gasteiger partial charge in [0.05, 0.1) is 19.2 Å². The zero-order valence-corrected chi connectivity index (χ0v) is 12.3. The van der Waals surface area contributed by atoms with E-state index < -0.39 is 0 Å². The quantitative estimate of drug-likeness (QED) is 0.380. The van der Waals surface area contributed by atoms with E-state index in [-0.39, 0.29) is 5.78 Å². The predicted octanol–water partition coefficient (Wildman–Crippen LogP) is 3.66.